The number of phenols is 1. The zero-order chi connectivity index (χ0) is 28.4. The zero-order valence-corrected chi connectivity index (χ0v) is 23.6. The third-order valence-electron chi connectivity index (χ3n) is 8.76. The lowest BCUT2D eigenvalue weighted by Crippen LogP contribution is -1.95. The summed E-state index contributed by atoms with van der Waals surface area (Å²) in [7, 11) is 0. The predicted molar refractivity (Wildman–Crippen MR) is 178 cm³/mol. The SMILES string of the molecule is Cc1ccccc1-c1cc(-c2ccc3c(c2)c2ccccc2n3-c2cccc3c2ccc2cc(O)ccc23)ccc1C. The second kappa shape index (κ2) is 9.36. The van der Waals surface area contributed by atoms with Crippen LogP contribution in [-0.4, -0.2) is 9.67 Å². The second-order valence-corrected chi connectivity index (χ2v) is 11.3. The molecule has 0 amide bonds. The standard InChI is InChI=1S/C40H29NO/c1-25-8-3-4-9-31(25)36-23-27(15-14-26(36)2)28-17-21-40-37(24-28)34-10-5-6-12-38(34)41(40)39-13-7-11-33-32-20-18-30(42)22-29(32)16-19-35(33)39/h3-24,42H,1-2H3. The lowest BCUT2D eigenvalue weighted by atomic mass is 9.92. The van der Waals surface area contributed by atoms with Crippen LogP contribution >= 0.6 is 0 Å². The maximum Gasteiger partial charge on any atom is 0.116 e. The molecule has 0 unspecified atom stereocenters. The maximum absolute atomic E-state index is 10.0. The number of aromatic nitrogens is 1. The first-order chi connectivity index (χ1) is 20.6. The van der Waals surface area contributed by atoms with Crippen molar-refractivity contribution in [3.8, 4) is 33.7 Å². The van der Waals surface area contributed by atoms with Crippen LogP contribution in [0.5, 0.6) is 5.75 Å². The molecule has 0 bridgehead atoms. The molecular formula is C40H29NO. The van der Waals surface area contributed by atoms with Gasteiger partial charge in [0.2, 0.25) is 0 Å². The van der Waals surface area contributed by atoms with Crippen molar-refractivity contribution in [2.75, 3.05) is 0 Å². The van der Waals surface area contributed by atoms with E-state index < -0.39 is 0 Å². The van der Waals surface area contributed by atoms with E-state index in [-0.39, 0.29) is 5.75 Å². The first-order valence-corrected chi connectivity index (χ1v) is 14.4. The predicted octanol–water partition coefficient (Wildman–Crippen LogP) is 10.7. The summed E-state index contributed by atoms with van der Waals surface area (Å²) in [6, 6.07) is 47.5. The van der Waals surface area contributed by atoms with Crippen LogP contribution in [0.15, 0.2) is 133 Å². The van der Waals surface area contributed by atoms with E-state index >= 15 is 0 Å². The number of aryl methyl sites for hydroxylation is 2. The van der Waals surface area contributed by atoms with Crippen molar-refractivity contribution in [2.24, 2.45) is 0 Å². The van der Waals surface area contributed by atoms with E-state index in [1.165, 1.54) is 66.0 Å². The molecule has 0 atom stereocenters. The Morgan fingerprint density at radius 2 is 1.17 bits per heavy atom. The lowest BCUT2D eigenvalue weighted by molar-refractivity contribution is 0.476. The van der Waals surface area contributed by atoms with Crippen molar-refractivity contribution in [1.82, 2.24) is 4.57 Å². The molecule has 0 saturated heterocycles. The molecule has 42 heavy (non-hydrogen) atoms. The first-order valence-electron chi connectivity index (χ1n) is 14.4. The van der Waals surface area contributed by atoms with Gasteiger partial charge in [0.15, 0.2) is 0 Å². The van der Waals surface area contributed by atoms with Crippen molar-refractivity contribution < 1.29 is 5.11 Å². The van der Waals surface area contributed by atoms with Crippen molar-refractivity contribution in [2.45, 2.75) is 13.8 Å². The molecule has 0 saturated carbocycles. The van der Waals surface area contributed by atoms with Crippen molar-refractivity contribution >= 4 is 43.4 Å². The monoisotopic (exact) mass is 539 g/mol. The quantitative estimate of drug-likeness (QED) is 0.222. The second-order valence-electron chi connectivity index (χ2n) is 11.3. The number of para-hydroxylation sites is 1. The number of benzene rings is 7. The molecule has 8 aromatic rings. The Morgan fingerprint density at radius 3 is 2.07 bits per heavy atom. The minimum absolute atomic E-state index is 0.288. The third-order valence-corrected chi connectivity index (χ3v) is 8.76. The summed E-state index contributed by atoms with van der Waals surface area (Å²) in [5, 5.41) is 17.1. The molecule has 0 aliphatic heterocycles. The van der Waals surface area contributed by atoms with E-state index in [1.54, 1.807) is 6.07 Å². The molecule has 1 aromatic heterocycles. The molecule has 2 nitrogen and oxygen atoms in total. The minimum Gasteiger partial charge on any atom is -0.508 e. The largest absolute Gasteiger partial charge is 0.508 e. The van der Waals surface area contributed by atoms with Gasteiger partial charge >= 0.3 is 0 Å². The smallest absolute Gasteiger partial charge is 0.116 e. The molecule has 0 aliphatic carbocycles. The van der Waals surface area contributed by atoms with E-state index in [1.807, 2.05) is 12.1 Å². The highest BCUT2D eigenvalue weighted by Crippen LogP contribution is 2.39. The molecule has 0 spiro atoms. The zero-order valence-electron chi connectivity index (χ0n) is 23.6. The van der Waals surface area contributed by atoms with E-state index in [0.717, 1.165) is 16.5 Å². The van der Waals surface area contributed by atoms with Gasteiger partial charge in [-0.05, 0) is 106 Å². The maximum atomic E-state index is 10.0. The molecule has 8 rings (SSSR count). The number of aromatic hydroxyl groups is 1. The van der Waals surface area contributed by atoms with E-state index in [4.69, 9.17) is 0 Å². The van der Waals surface area contributed by atoms with Crippen LogP contribution in [-0.2, 0) is 0 Å². The summed E-state index contributed by atoms with van der Waals surface area (Å²) in [5.41, 5.74) is 11.1. The van der Waals surface area contributed by atoms with Crippen LogP contribution in [0.3, 0.4) is 0 Å². The average Bonchev–Trinajstić information content (AvgIpc) is 3.34. The van der Waals surface area contributed by atoms with Gasteiger partial charge in [0.1, 0.15) is 5.75 Å². The Balaban J connectivity index is 1.36. The number of fused-ring (bicyclic) bond motifs is 6. The number of hydrogen-bond acceptors (Lipinski definition) is 1. The summed E-state index contributed by atoms with van der Waals surface area (Å²) >= 11 is 0. The number of phenolic OH excluding ortho intramolecular Hbond substituents is 1. The molecule has 1 N–H and O–H groups in total. The van der Waals surface area contributed by atoms with Crippen molar-refractivity contribution in [3.63, 3.8) is 0 Å². The summed E-state index contributed by atoms with van der Waals surface area (Å²) in [4.78, 5) is 0. The fourth-order valence-electron chi connectivity index (χ4n) is 6.64. The Morgan fingerprint density at radius 1 is 0.452 bits per heavy atom. The minimum atomic E-state index is 0.288. The fraction of sp³-hybridized carbons (Fsp3) is 0.0500. The van der Waals surface area contributed by atoms with Crippen LogP contribution in [0.1, 0.15) is 11.1 Å². The highest BCUT2D eigenvalue weighted by Gasteiger charge is 2.16. The Hall–Kier alpha value is -5.34. The molecule has 1 heterocycles. The Labute approximate surface area is 244 Å². The Kier molecular flexibility index (Phi) is 5.45. The van der Waals surface area contributed by atoms with E-state index in [0.29, 0.717) is 0 Å². The van der Waals surface area contributed by atoms with Gasteiger partial charge in [0.05, 0.1) is 16.7 Å². The van der Waals surface area contributed by atoms with Gasteiger partial charge in [-0.15, -0.1) is 0 Å². The van der Waals surface area contributed by atoms with Crippen molar-refractivity contribution in [1.29, 1.82) is 0 Å². The number of nitrogens with zero attached hydrogens (tertiary/aromatic N) is 1. The number of hydrogen-bond donors (Lipinski definition) is 1. The van der Waals surface area contributed by atoms with Gasteiger partial charge in [0.25, 0.3) is 0 Å². The van der Waals surface area contributed by atoms with E-state index in [9.17, 15) is 5.11 Å². The molecule has 0 aliphatic rings. The van der Waals surface area contributed by atoms with Crippen LogP contribution in [0.4, 0.5) is 0 Å². The first kappa shape index (κ1) is 24.5. The summed E-state index contributed by atoms with van der Waals surface area (Å²) in [6.45, 7) is 4.38. The van der Waals surface area contributed by atoms with Gasteiger partial charge in [-0.25, -0.2) is 0 Å². The highest BCUT2D eigenvalue weighted by atomic mass is 16.3. The number of rotatable bonds is 3. The van der Waals surface area contributed by atoms with Crippen LogP contribution in [0.25, 0.3) is 71.3 Å². The summed E-state index contributed by atoms with van der Waals surface area (Å²) in [6.07, 6.45) is 0. The molecule has 0 radical (unpaired) electrons. The highest BCUT2D eigenvalue weighted by molar-refractivity contribution is 6.14. The van der Waals surface area contributed by atoms with Crippen LogP contribution in [0.2, 0.25) is 0 Å². The molecule has 7 aromatic carbocycles. The fourth-order valence-corrected chi connectivity index (χ4v) is 6.64. The van der Waals surface area contributed by atoms with Gasteiger partial charge in [-0.1, -0.05) is 91.0 Å². The van der Waals surface area contributed by atoms with Crippen LogP contribution < -0.4 is 0 Å². The Bertz CT molecular complexity index is 2340. The normalized spacial score (nSPS) is 11.7. The molecule has 0 fully saturated rings. The van der Waals surface area contributed by atoms with Gasteiger partial charge < -0.3 is 9.67 Å². The third kappa shape index (κ3) is 3.73. The average molecular weight is 540 g/mol. The molecular weight excluding hydrogens is 510 g/mol. The van der Waals surface area contributed by atoms with Crippen LogP contribution in [0, 0.1) is 13.8 Å². The molecule has 2 heteroatoms. The summed E-state index contributed by atoms with van der Waals surface area (Å²) < 4.78 is 2.40. The molecule has 200 valence electrons. The topological polar surface area (TPSA) is 25.2 Å². The summed E-state index contributed by atoms with van der Waals surface area (Å²) in [5.74, 6) is 0.288. The van der Waals surface area contributed by atoms with Gasteiger partial charge in [-0.2, -0.15) is 0 Å². The van der Waals surface area contributed by atoms with Gasteiger partial charge in [0, 0.05) is 16.2 Å². The van der Waals surface area contributed by atoms with E-state index in [2.05, 4.69) is 134 Å². The van der Waals surface area contributed by atoms with Crippen molar-refractivity contribution in [3.05, 3.63) is 145 Å². The lowest BCUT2D eigenvalue weighted by Gasteiger charge is -2.14. The van der Waals surface area contributed by atoms with Gasteiger partial charge in [-0.3, -0.25) is 0 Å².